The Balaban J connectivity index is 2.10. The standard InChI is InChI=1S/C16H16F3N5O2/c1-24-6-5-20-13-10(16(17,18)19)8-21-15(23-13)22-11-7-9(14(24)25)3-4-12(11)26-2/h3-4,7-8H,5-6H2,1-2H3,(H2,20,21,22,23). The Morgan fingerprint density at radius 2 is 2.08 bits per heavy atom. The average molecular weight is 367 g/mol. The fourth-order valence-corrected chi connectivity index (χ4v) is 2.51. The Morgan fingerprint density at radius 3 is 2.77 bits per heavy atom. The third-order valence-electron chi connectivity index (χ3n) is 3.87. The highest BCUT2D eigenvalue weighted by atomic mass is 19.4. The van der Waals surface area contributed by atoms with E-state index in [1.54, 1.807) is 25.2 Å². The second kappa shape index (κ2) is 6.70. The maximum Gasteiger partial charge on any atom is 0.421 e. The molecule has 3 rings (SSSR count). The third kappa shape index (κ3) is 3.48. The van der Waals surface area contributed by atoms with E-state index in [2.05, 4.69) is 20.6 Å². The lowest BCUT2D eigenvalue weighted by Crippen LogP contribution is -2.32. The number of fused-ring (bicyclic) bond motifs is 4. The van der Waals surface area contributed by atoms with Crippen LogP contribution in [-0.4, -0.2) is 48.0 Å². The summed E-state index contributed by atoms with van der Waals surface area (Å²) >= 11 is 0. The molecule has 0 fully saturated rings. The van der Waals surface area contributed by atoms with Gasteiger partial charge in [0.1, 0.15) is 17.1 Å². The number of aromatic nitrogens is 2. The summed E-state index contributed by atoms with van der Waals surface area (Å²) in [6, 6.07) is 4.76. The third-order valence-corrected chi connectivity index (χ3v) is 3.87. The Labute approximate surface area is 147 Å². The number of nitrogens with zero attached hydrogens (tertiary/aromatic N) is 3. The van der Waals surface area contributed by atoms with Crippen molar-refractivity contribution >= 4 is 23.4 Å². The molecule has 0 saturated heterocycles. The molecule has 2 heterocycles. The minimum atomic E-state index is -4.60. The largest absolute Gasteiger partial charge is 0.495 e. The molecule has 10 heteroatoms. The molecule has 1 aliphatic heterocycles. The number of nitrogens with one attached hydrogen (secondary N) is 2. The summed E-state index contributed by atoms with van der Waals surface area (Å²) < 4.78 is 44.7. The number of halogens is 3. The van der Waals surface area contributed by atoms with Crippen molar-refractivity contribution in [1.29, 1.82) is 0 Å². The van der Waals surface area contributed by atoms with Gasteiger partial charge in [-0.1, -0.05) is 0 Å². The summed E-state index contributed by atoms with van der Waals surface area (Å²) in [6.07, 6.45) is -3.88. The number of likely N-dealkylation sites (N-methyl/N-ethyl adjacent to an activating group) is 1. The molecule has 4 bridgehead atoms. The van der Waals surface area contributed by atoms with Crippen LogP contribution < -0.4 is 15.4 Å². The van der Waals surface area contributed by atoms with Crippen LogP contribution in [-0.2, 0) is 6.18 Å². The number of amides is 1. The molecule has 0 saturated carbocycles. The van der Waals surface area contributed by atoms with E-state index in [-0.39, 0.29) is 30.8 Å². The minimum absolute atomic E-state index is 0.0441. The zero-order valence-corrected chi connectivity index (χ0v) is 14.0. The van der Waals surface area contributed by atoms with Gasteiger partial charge in [-0.05, 0) is 18.2 Å². The van der Waals surface area contributed by atoms with Gasteiger partial charge in [0.25, 0.3) is 5.91 Å². The molecule has 0 radical (unpaired) electrons. The second-order valence-electron chi connectivity index (χ2n) is 5.65. The SMILES string of the molecule is COc1ccc2cc1Nc1ncc(C(F)(F)F)c(n1)NCCN(C)C2=O. The number of rotatable bonds is 1. The van der Waals surface area contributed by atoms with Gasteiger partial charge in [0.2, 0.25) is 5.95 Å². The minimum Gasteiger partial charge on any atom is -0.495 e. The Morgan fingerprint density at radius 1 is 1.31 bits per heavy atom. The summed E-state index contributed by atoms with van der Waals surface area (Å²) in [5.41, 5.74) is -0.198. The van der Waals surface area contributed by atoms with Gasteiger partial charge in [0.15, 0.2) is 0 Å². The first-order valence-electron chi connectivity index (χ1n) is 7.68. The number of carbonyl (C=O) groups is 1. The van der Waals surface area contributed by atoms with Crippen molar-refractivity contribution in [2.45, 2.75) is 6.18 Å². The summed E-state index contributed by atoms with van der Waals surface area (Å²) in [7, 11) is 3.01. The Kier molecular flexibility index (Phi) is 4.58. The zero-order chi connectivity index (χ0) is 18.9. The number of hydrogen-bond donors (Lipinski definition) is 2. The zero-order valence-electron chi connectivity index (χ0n) is 14.0. The smallest absolute Gasteiger partial charge is 0.421 e. The van der Waals surface area contributed by atoms with Crippen molar-refractivity contribution in [3.8, 4) is 5.75 Å². The van der Waals surface area contributed by atoms with E-state index in [9.17, 15) is 18.0 Å². The van der Waals surface area contributed by atoms with Gasteiger partial charge in [0, 0.05) is 31.9 Å². The van der Waals surface area contributed by atoms with Gasteiger partial charge in [-0.15, -0.1) is 0 Å². The van der Waals surface area contributed by atoms with Crippen molar-refractivity contribution in [3.05, 3.63) is 35.5 Å². The van der Waals surface area contributed by atoms with E-state index in [4.69, 9.17) is 4.74 Å². The highest BCUT2D eigenvalue weighted by Gasteiger charge is 2.35. The molecule has 0 spiro atoms. The number of hydrogen-bond acceptors (Lipinski definition) is 6. The van der Waals surface area contributed by atoms with Crippen molar-refractivity contribution in [1.82, 2.24) is 14.9 Å². The number of anilines is 3. The van der Waals surface area contributed by atoms with Gasteiger partial charge in [-0.25, -0.2) is 4.98 Å². The van der Waals surface area contributed by atoms with E-state index >= 15 is 0 Å². The Bertz CT molecular complexity index is 841. The monoisotopic (exact) mass is 367 g/mol. The van der Waals surface area contributed by atoms with E-state index in [1.807, 2.05) is 0 Å². The Hall–Kier alpha value is -3.04. The fourth-order valence-electron chi connectivity index (χ4n) is 2.51. The summed E-state index contributed by atoms with van der Waals surface area (Å²) in [6.45, 7) is 0.301. The van der Waals surface area contributed by atoms with Crippen LogP contribution in [0.3, 0.4) is 0 Å². The molecule has 26 heavy (non-hydrogen) atoms. The number of alkyl halides is 3. The molecule has 2 N–H and O–H groups in total. The molecule has 2 aromatic rings. The molecule has 1 aliphatic rings. The summed E-state index contributed by atoms with van der Waals surface area (Å²) in [5, 5.41) is 5.44. The molecule has 0 aliphatic carbocycles. The molecule has 0 atom stereocenters. The predicted octanol–water partition coefficient (Wildman–Crippen LogP) is 2.75. The highest BCUT2D eigenvalue weighted by Crippen LogP contribution is 2.35. The van der Waals surface area contributed by atoms with Crippen molar-refractivity contribution in [2.24, 2.45) is 0 Å². The quantitative estimate of drug-likeness (QED) is 0.807. The molecule has 7 nitrogen and oxygen atoms in total. The maximum atomic E-state index is 13.2. The van der Waals surface area contributed by atoms with Crippen LogP contribution in [0.1, 0.15) is 15.9 Å². The van der Waals surface area contributed by atoms with Crippen LogP contribution in [0.4, 0.5) is 30.6 Å². The van der Waals surface area contributed by atoms with Crippen LogP contribution in [0, 0.1) is 0 Å². The van der Waals surface area contributed by atoms with Gasteiger partial charge in [-0.2, -0.15) is 18.2 Å². The van der Waals surface area contributed by atoms with E-state index < -0.39 is 11.7 Å². The molecular weight excluding hydrogens is 351 g/mol. The van der Waals surface area contributed by atoms with Crippen molar-refractivity contribution in [2.75, 3.05) is 37.9 Å². The molecular formula is C16H16F3N5O2. The normalized spacial score (nSPS) is 14.7. The topological polar surface area (TPSA) is 79.4 Å². The molecule has 1 aromatic carbocycles. The first-order chi connectivity index (χ1) is 12.3. The lowest BCUT2D eigenvalue weighted by Gasteiger charge is -2.21. The van der Waals surface area contributed by atoms with Crippen LogP contribution >= 0.6 is 0 Å². The predicted molar refractivity (Wildman–Crippen MR) is 88.8 cm³/mol. The number of carbonyl (C=O) groups excluding carboxylic acids is 1. The van der Waals surface area contributed by atoms with Crippen LogP contribution in [0.5, 0.6) is 5.75 Å². The van der Waals surface area contributed by atoms with E-state index in [1.165, 1.54) is 12.0 Å². The fraction of sp³-hybridized carbons (Fsp3) is 0.312. The van der Waals surface area contributed by atoms with Gasteiger partial charge in [-0.3, -0.25) is 4.79 Å². The molecule has 0 unspecified atom stereocenters. The van der Waals surface area contributed by atoms with Crippen LogP contribution in [0.15, 0.2) is 24.4 Å². The molecule has 138 valence electrons. The first kappa shape index (κ1) is 17.8. The van der Waals surface area contributed by atoms with E-state index in [0.717, 1.165) is 0 Å². The average Bonchev–Trinajstić information content (AvgIpc) is 2.59. The summed E-state index contributed by atoms with van der Waals surface area (Å²) in [5.74, 6) is -0.262. The maximum absolute atomic E-state index is 13.2. The van der Waals surface area contributed by atoms with Gasteiger partial charge < -0.3 is 20.3 Å². The number of methoxy groups -OCH3 is 1. The van der Waals surface area contributed by atoms with Gasteiger partial charge in [0.05, 0.1) is 12.8 Å². The van der Waals surface area contributed by atoms with Crippen molar-refractivity contribution in [3.63, 3.8) is 0 Å². The summed E-state index contributed by atoms with van der Waals surface area (Å²) in [4.78, 5) is 21.6. The molecule has 1 amide bonds. The lowest BCUT2D eigenvalue weighted by atomic mass is 10.1. The molecule has 1 aromatic heterocycles. The van der Waals surface area contributed by atoms with E-state index in [0.29, 0.717) is 23.2 Å². The lowest BCUT2D eigenvalue weighted by molar-refractivity contribution is -0.137. The highest BCUT2D eigenvalue weighted by molar-refractivity contribution is 5.95. The first-order valence-corrected chi connectivity index (χ1v) is 7.68. The van der Waals surface area contributed by atoms with Gasteiger partial charge >= 0.3 is 6.18 Å². The number of ether oxygens (including phenoxy) is 1. The second-order valence-corrected chi connectivity index (χ2v) is 5.65. The van der Waals surface area contributed by atoms with Crippen LogP contribution in [0.2, 0.25) is 0 Å². The van der Waals surface area contributed by atoms with Crippen molar-refractivity contribution < 1.29 is 22.7 Å². The number of benzene rings is 1. The van der Waals surface area contributed by atoms with Crippen LogP contribution in [0.25, 0.3) is 0 Å².